The van der Waals surface area contributed by atoms with E-state index in [1.165, 1.54) is 0 Å². The standard InChI is InChI=1S/C22H27N3O4S/c1-24-11-8-23-20(24)22(27)14-21(28-15-22)6-9-25(10-7-21)19(26)16-2-4-17(5-3-16)29-18-12-30-13-18/h2-5,8,11,18,27H,6-7,9-10,12-15H2,1H3. The highest BCUT2D eigenvalue weighted by molar-refractivity contribution is 8.00. The van der Waals surface area contributed by atoms with Crippen molar-refractivity contribution in [3.8, 4) is 5.75 Å². The van der Waals surface area contributed by atoms with E-state index in [0.717, 1.165) is 17.3 Å². The lowest BCUT2D eigenvalue weighted by Gasteiger charge is -2.39. The van der Waals surface area contributed by atoms with Crippen LogP contribution in [0.2, 0.25) is 0 Å². The van der Waals surface area contributed by atoms with Gasteiger partial charge in [-0.2, -0.15) is 11.8 Å². The zero-order valence-corrected chi connectivity index (χ0v) is 17.9. The first-order chi connectivity index (χ1) is 14.5. The number of carbonyl (C=O) groups is 1. The molecule has 0 saturated carbocycles. The van der Waals surface area contributed by atoms with Gasteiger partial charge in [0.15, 0.2) is 0 Å². The summed E-state index contributed by atoms with van der Waals surface area (Å²) in [5, 5.41) is 11.1. The third kappa shape index (κ3) is 3.61. The number of carbonyl (C=O) groups excluding carboxylic acids is 1. The van der Waals surface area contributed by atoms with Crippen LogP contribution >= 0.6 is 11.8 Å². The molecule has 8 heteroatoms. The maximum atomic E-state index is 12.9. The second-order valence-corrected chi connectivity index (χ2v) is 9.71. The van der Waals surface area contributed by atoms with Crippen LogP contribution in [0.1, 0.15) is 35.4 Å². The van der Waals surface area contributed by atoms with Crippen molar-refractivity contribution in [2.75, 3.05) is 31.2 Å². The zero-order chi connectivity index (χ0) is 20.8. The Morgan fingerprint density at radius 1 is 1.27 bits per heavy atom. The number of hydrogen-bond donors (Lipinski definition) is 1. The number of piperidine rings is 1. The SMILES string of the molecule is Cn1ccnc1C1(O)COC2(CCN(C(=O)c3ccc(OC4CSC4)cc3)CC2)C1. The van der Waals surface area contributed by atoms with Crippen molar-refractivity contribution < 1.29 is 19.4 Å². The summed E-state index contributed by atoms with van der Waals surface area (Å²) in [4.78, 5) is 19.1. The fraction of sp³-hybridized carbons (Fsp3) is 0.545. The number of likely N-dealkylation sites (tertiary alicyclic amines) is 1. The molecule has 3 aliphatic rings. The Balaban J connectivity index is 1.20. The minimum Gasteiger partial charge on any atom is -0.489 e. The highest BCUT2D eigenvalue weighted by Gasteiger charge is 2.52. The quantitative estimate of drug-likeness (QED) is 0.803. The number of aromatic nitrogens is 2. The first-order valence-electron chi connectivity index (χ1n) is 10.4. The summed E-state index contributed by atoms with van der Waals surface area (Å²) in [6, 6.07) is 7.46. The van der Waals surface area contributed by atoms with Gasteiger partial charge < -0.3 is 24.0 Å². The van der Waals surface area contributed by atoms with Crippen LogP contribution in [0.3, 0.4) is 0 Å². The van der Waals surface area contributed by atoms with E-state index < -0.39 is 11.2 Å². The largest absolute Gasteiger partial charge is 0.489 e. The number of amides is 1. The molecule has 4 heterocycles. The zero-order valence-electron chi connectivity index (χ0n) is 17.1. The second-order valence-electron chi connectivity index (χ2n) is 8.64. The van der Waals surface area contributed by atoms with Crippen LogP contribution < -0.4 is 4.74 Å². The molecule has 1 aromatic carbocycles. The van der Waals surface area contributed by atoms with Gasteiger partial charge in [0.05, 0.1) is 12.2 Å². The molecule has 1 aromatic heterocycles. The molecule has 1 N–H and O–H groups in total. The van der Waals surface area contributed by atoms with E-state index in [1.54, 1.807) is 6.20 Å². The lowest BCUT2D eigenvalue weighted by Crippen LogP contribution is -2.47. The lowest BCUT2D eigenvalue weighted by atomic mass is 9.83. The molecule has 1 unspecified atom stereocenters. The molecule has 3 aliphatic heterocycles. The topological polar surface area (TPSA) is 76.8 Å². The maximum Gasteiger partial charge on any atom is 0.253 e. The molecule has 2 aromatic rings. The van der Waals surface area contributed by atoms with Crippen LogP contribution in [-0.2, 0) is 17.4 Å². The third-order valence-electron chi connectivity index (χ3n) is 6.44. The number of nitrogens with zero attached hydrogens (tertiary/aromatic N) is 3. The summed E-state index contributed by atoms with van der Waals surface area (Å²) in [5.41, 5.74) is -0.784. The molecule has 0 aliphatic carbocycles. The van der Waals surface area contributed by atoms with Gasteiger partial charge in [0.1, 0.15) is 23.3 Å². The van der Waals surface area contributed by atoms with E-state index in [9.17, 15) is 9.90 Å². The van der Waals surface area contributed by atoms with Gasteiger partial charge in [-0.05, 0) is 37.1 Å². The molecular weight excluding hydrogens is 402 g/mol. The van der Waals surface area contributed by atoms with Gasteiger partial charge in [0.25, 0.3) is 5.91 Å². The molecule has 0 bridgehead atoms. The average molecular weight is 430 g/mol. The predicted molar refractivity (Wildman–Crippen MR) is 114 cm³/mol. The number of hydrogen-bond acceptors (Lipinski definition) is 6. The number of aliphatic hydroxyl groups is 1. The molecule has 3 fully saturated rings. The normalized spacial score (nSPS) is 26.0. The Bertz CT molecular complexity index is 919. The van der Waals surface area contributed by atoms with Gasteiger partial charge in [-0.3, -0.25) is 4.79 Å². The molecule has 1 amide bonds. The molecule has 7 nitrogen and oxygen atoms in total. The summed E-state index contributed by atoms with van der Waals surface area (Å²) in [6.45, 7) is 1.48. The number of benzene rings is 1. The molecule has 5 rings (SSSR count). The van der Waals surface area contributed by atoms with Crippen molar-refractivity contribution in [1.29, 1.82) is 0 Å². The van der Waals surface area contributed by atoms with Crippen molar-refractivity contribution in [3.63, 3.8) is 0 Å². The van der Waals surface area contributed by atoms with E-state index in [4.69, 9.17) is 9.47 Å². The Labute approximate surface area is 180 Å². The van der Waals surface area contributed by atoms with Gasteiger partial charge in [-0.1, -0.05) is 0 Å². The average Bonchev–Trinajstić information content (AvgIpc) is 3.30. The van der Waals surface area contributed by atoms with Crippen LogP contribution in [0.4, 0.5) is 0 Å². The molecule has 1 spiro atoms. The third-order valence-corrected chi connectivity index (χ3v) is 7.66. The van der Waals surface area contributed by atoms with Gasteiger partial charge >= 0.3 is 0 Å². The van der Waals surface area contributed by atoms with Crippen molar-refractivity contribution in [3.05, 3.63) is 48.0 Å². The first-order valence-corrected chi connectivity index (χ1v) is 11.6. The van der Waals surface area contributed by atoms with Crippen molar-refractivity contribution in [2.24, 2.45) is 7.05 Å². The van der Waals surface area contributed by atoms with Crippen molar-refractivity contribution >= 4 is 17.7 Å². The molecule has 1 atom stereocenters. The molecule has 0 radical (unpaired) electrons. The van der Waals surface area contributed by atoms with Gasteiger partial charge in [0, 0.05) is 56.0 Å². The summed E-state index contributed by atoms with van der Waals surface area (Å²) in [7, 11) is 1.88. The van der Waals surface area contributed by atoms with Gasteiger partial charge in [-0.25, -0.2) is 4.98 Å². The predicted octanol–water partition coefficient (Wildman–Crippen LogP) is 2.20. The summed E-state index contributed by atoms with van der Waals surface area (Å²) < 4.78 is 13.8. The van der Waals surface area contributed by atoms with Crippen LogP contribution in [0.5, 0.6) is 5.75 Å². The van der Waals surface area contributed by atoms with Crippen molar-refractivity contribution in [1.82, 2.24) is 14.5 Å². The number of thioether (sulfide) groups is 1. The monoisotopic (exact) mass is 429 g/mol. The highest BCUT2D eigenvalue weighted by atomic mass is 32.2. The fourth-order valence-corrected chi connectivity index (χ4v) is 5.20. The first kappa shape index (κ1) is 19.9. The minimum atomic E-state index is -1.07. The molecule has 3 saturated heterocycles. The number of rotatable bonds is 4. The van der Waals surface area contributed by atoms with Crippen LogP contribution in [0, 0.1) is 0 Å². The van der Waals surface area contributed by atoms with Gasteiger partial charge in [0.2, 0.25) is 0 Å². The minimum absolute atomic E-state index is 0.0351. The second kappa shape index (κ2) is 7.59. The van der Waals surface area contributed by atoms with Crippen LogP contribution in [0.15, 0.2) is 36.7 Å². The Hall–Kier alpha value is -2.03. The Morgan fingerprint density at radius 3 is 2.60 bits per heavy atom. The summed E-state index contributed by atoms with van der Waals surface area (Å²) >= 11 is 1.88. The smallest absolute Gasteiger partial charge is 0.253 e. The number of aryl methyl sites for hydroxylation is 1. The van der Waals surface area contributed by atoms with Gasteiger partial charge in [-0.15, -0.1) is 0 Å². The van der Waals surface area contributed by atoms with E-state index in [1.807, 2.05) is 58.7 Å². The van der Waals surface area contributed by atoms with E-state index in [-0.39, 0.29) is 12.5 Å². The van der Waals surface area contributed by atoms with Crippen molar-refractivity contribution in [2.45, 2.75) is 36.6 Å². The molecule has 160 valence electrons. The Morgan fingerprint density at radius 2 is 2.00 bits per heavy atom. The van der Waals surface area contributed by atoms with E-state index in [2.05, 4.69) is 4.98 Å². The Kier molecular flexibility index (Phi) is 5.03. The lowest BCUT2D eigenvalue weighted by molar-refractivity contribution is -0.0438. The number of ether oxygens (including phenoxy) is 2. The van der Waals surface area contributed by atoms with E-state index >= 15 is 0 Å². The van der Waals surface area contributed by atoms with Crippen LogP contribution in [-0.4, -0.2) is 68.4 Å². The fourth-order valence-electron chi connectivity index (χ4n) is 4.64. The van der Waals surface area contributed by atoms with Crippen LogP contribution in [0.25, 0.3) is 0 Å². The molecular formula is C22H27N3O4S. The highest BCUT2D eigenvalue weighted by Crippen LogP contribution is 2.44. The maximum absolute atomic E-state index is 12.9. The van der Waals surface area contributed by atoms with E-state index in [0.29, 0.717) is 49.8 Å². The molecule has 30 heavy (non-hydrogen) atoms. The summed E-state index contributed by atoms with van der Waals surface area (Å²) in [6.07, 6.45) is 5.77. The number of imidazole rings is 1. The summed E-state index contributed by atoms with van der Waals surface area (Å²) in [5.74, 6) is 3.57.